The van der Waals surface area contributed by atoms with Gasteiger partial charge in [0.25, 0.3) is 0 Å². The van der Waals surface area contributed by atoms with E-state index in [4.69, 9.17) is 16.3 Å². The summed E-state index contributed by atoms with van der Waals surface area (Å²) in [5.74, 6) is -0.801. The van der Waals surface area contributed by atoms with Crippen LogP contribution in [0.25, 0.3) is 0 Å². The van der Waals surface area contributed by atoms with E-state index in [9.17, 15) is 9.90 Å². The molecule has 2 rings (SSSR count). The van der Waals surface area contributed by atoms with Crippen LogP contribution in [-0.4, -0.2) is 28.2 Å². The van der Waals surface area contributed by atoms with Gasteiger partial charge in [-0.15, -0.1) is 0 Å². The minimum absolute atomic E-state index is 0.248. The van der Waals surface area contributed by atoms with Crippen LogP contribution in [0.5, 0.6) is 5.75 Å². The number of hydrogen-bond donors (Lipinski definition) is 1. The van der Waals surface area contributed by atoms with Gasteiger partial charge in [0.15, 0.2) is 0 Å². The van der Waals surface area contributed by atoms with Crippen LogP contribution in [0.15, 0.2) is 36.7 Å². The molecule has 0 saturated heterocycles. The predicted molar refractivity (Wildman–Crippen MR) is 74.1 cm³/mol. The van der Waals surface area contributed by atoms with Crippen LogP contribution in [0.3, 0.4) is 0 Å². The number of rotatable bonds is 5. The average Bonchev–Trinajstić information content (AvgIpc) is 2.46. The fourth-order valence-electron chi connectivity index (χ4n) is 1.79. The van der Waals surface area contributed by atoms with Gasteiger partial charge in [0.1, 0.15) is 17.5 Å². The first kappa shape index (κ1) is 14.3. The lowest BCUT2D eigenvalue weighted by atomic mass is 9.98. The monoisotopic (exact) mass is 292 g/mol. The van der Waals surface area contributed by atoms with Crippen molar-refractivity contribution < 1.29 is 14.6 Å². The molecule has 0 amide bonds. The molecule has 1 heterocycles. The summed E-state index contributed by atoms with van der Waals surface area (Å²) in [6.07, 6.45) is 3.10. The van der Waals surface area contributed by atoms with E-state index in [1.54, 1.807) is 19.2 Å². The first-order valence-corrected chi connectivity index (χ1v) is 6.31. The lowest BCUT2D eigenvalue weighted by Gasteiger charge is -2.11. The molecule has 0 aliphatic carbocycles. The molecule has 1 N–H and O–H groups in total. The van der Waals surface area contributed by atoms with E-state index in [1.807, 2.05) is 12.1 Å². The minimum Gasteiger partial charge on any atom is -0.497 e. The van der Waals surface area contributed by atoms with Gasteiger partial charge < -0.3 is 9.84 Å². The second-order valence-corrected chi connectivity index (χ2v) is 4.64. The van der Waals surface area contributed by atoms with Crippen LogP contribution in [0, 0.1) is 0 Å². The number of carboxylic acid groups (broad SMARTS) is 1. The standard InChI is InChI=1S/C14H13ClN2O3/c1-20-11-4-2-9(3-5-11)6-12(14(18)19)13-16-7-10(15)8-17-13/h2-5,7-8,12H,6H2,1H3,(H,18,19). The van der Waals surface area contributed by atoms with Crippen molar-refractivity contribution in [2.45, 2.75) is 12.3 Å². The summed E-state index contributed by atoms with van der Waals surface area (Å²) < 4.78 is 5.06. The van der Waals surface area contributed by atoms with Crippen LogP contribution in [-0.2, 0) is 11.2 Å². The fourth-order valence-corrected chi connectivity index (χ4v) is 1.89. The van der Waals surface area contributed by atoms with Crippen molar-refractivity contribution in [1.82, 2.24) is 9.97 Å². The predicted octanol–water partition coefficient (Wildman–Crippen LogP) is 2.55. The quantitative estimate of drug-likeness (QED) is 0.917. The van der Waals surface area contributed by atoms with E-state index in [0.29, 0.717) is 11.4 Å². The second kappa shape index (κ2) is 6.34. The minimum atomic E-state index is -0.969. The van der Waals surface area contributed by atoms with Gasteiger partial charge in [-0.05, 0) is 24.1 Å². The highest BCUT2D eigenvalue weighted by Gasteiger charge is 2.23. The molecule has 2 aromatic rings. The van der Waals surface area contributed by atoms with Gasteiger partial charge in [-0.25, -0.2) is 9.97 Å². The summed E-state index contributed by atoms with van der Waals surface area (Å²) in [4.78, 5) is 19.3. The van der Waals surface area contributed by atoms with Gasteiger partial charge in [-0.3, -0.25) is 4.79 Å². The smallest absolute Gasteiger partial charge is 0.314 e. The molecular formula is C14H13ClN2O3. The molecule has 1 aromatic heterocycles. The van der Waals surface area contributed by atoms with Gasteiger partial charge >= 0.3 is 5.97 Å². The topological polar surface area (TPSA) is 72.3 Å². The number of benzene rings is 1. The van der Waals surface area contributed by atoms with Crippen molar-refractivity contribution in [3.05, 3.63) is 53.1 Å². The lowest BCUT2D eigenvalue weighted by molar-refractivity contribution is -0.139. The molecule has 5 nitrogen and oxygen atoms in total. The van der Waals surface area contributed by atoms with Crippen molar-refractivity contribution in [3.63, 3.8) is 0 Å². The molecule has 0 bridgehead atoms. The SMILES string of the molecule is COc1ccc(CC(C(=O)O)c2ncc(Cl)cn2)cc1. The molecule has 104 valence electrons. The Morgan fingerprint density at radius 3 is 2.40 bits per heavy atom. The normalized spacial score (nSPS) is 11.9. The summed E-state index contributed by atoms with van der Waals surface area (Å²) in [5.41, 5.74) is 0.872. The van der Waals surface area contributed by atoms with Gasteiger partial charge in [0.2, 0.25) is 0 Å². The number of aliphatic carboxylic acids is 1. The number of hydrogen-bond acceptors (Lipinski definition) is 4. The maximum absolute atomic E-state index is 11.4. The molecule has 1 aromatic carbocycles. The van der Waals surface area contributed by atoms with Crippen molar-refractivity contribution in [2.24, 2.45) is 0 Å². The number of halogens is 1. The highest BCUT2D eigenvalue weighted by molar-refractivity contribution is 6.30. The molecular weight excluding hydrogens is 280 g/mol. The number of methoxy groups -OCH3 is 1. The third-order valence-corrected chi connectivity index (χ3v) is 3.04. The summed E-state index contributed by atoms with van der Waals surface area (Å²) in [7, 11) is 1.58. The van der Waals surface area contributed by atoms with E-state index in [-0.39, 0.29) is 5.82 Å². The van der Waals surface area contributed by atoms with E-state index < -0.39 is 11.9 Å². The Labute approximate surface area is 121 Å². The maximum atomic E-state index is 11.4. The Kier molecular flexibility index (Phi) is 4.53. The highest BCUT2D eigenvalue weighted by Crippen LogP contribution is 2.20. The Bertz CT molecular complexity index is 584. The van der Waals surface area contributed by atoms with Gasteiger partial charge in [0.05, 0.1) is 12.1 Å². The molecule has 20 heavy (non-hydrogen) atoms. The summed E-state index contributed by atoms with van der Waals surface area (Å²) in [6, 6.07) is 7.23. The first-order chi connectivity index (χ1) is 9.60. The molecule has 1 atom stereocenters. The molecule has 0 radical (unpaired) electrons. The lowest BCUT2D eigenvalue weighted by Crippen LogP contribution is -2.17. The van der Waals surface area contributed by atoms with E-state index >= 15 is 0 Å². The van der Waals surface area contributed by atoms with Gasteiger partial charge in [-0.2, -0.15) is 0 Å². The van der Waals surface area contributed by atoms with Crippen molar-refractivity contribution in [3.8, 4) is 5.75 Å². The van der Waals surface area contributed by atoms with Crippen LogP contribution < -0.4 is 4.74 Å². The zero-order valence-electron chi connectivity index (χ0n) is 10.8. The molecule has 0 saturated carbocycles. The maximum Gasteiger partial charge on any atom is 0.314 e. The second-order valence-electron chi connectivity index (χ2n) is 4.20. The molecule has 0 aliphatic heterocycles. The number of aromatic nitrogens is 2. The third-order valence-electron chi connectivity index (χ3n) is 2.85. The Balaban J connectivity index is 2.20. The summed E-state index contributed by atoms with van der Waals surface area (Å²) in [6.45, 7) is 0. The van der Waals surface area contributed by atoms with Crippen molar-refractivity contribution in [1.29, 1.82) is 0 Å². The van der Waals surface area contributed by atoms with E-state index in [0.717, 1.165) is 11.3 Å². The molecule has 0 spiro atoms. The van der Waals surface area contributed by atoms with Crippen molar-refractivity contribution >= 4 is 17.6 Å². The van der Waals surface area contributed by atoms with Crippen LogP contribution >= 0.6 is 11.6 Å². The van der Waals surface area contributed by atoms with E-state index in [2.05, 4.69) is 9.97 Å². The summed E-state index contributed by atoms with van der Waals surface area (Å²) >= 11 is 5.70. The number of carboxylic acids is 1. The van der Waals surface area contributed by atoms with Gasteiger partial charge in [0, 0.05) is 12.4 Å². The number of nitrogens with zero attached hydrogens (tertiary/aromatic N) is 2. The zero-order valence-corrected chi connectivity index (χ0v) is 11.5. The van der Waals surface area contributed by atoms with Crippen molar-refractivity contribution in [2.75, 3.05) is 7.11 Å². The van der Waals surface area contributed by atoms with Gasteiger partial charge in [-0.1, -0.05) is 23.7 Å². The zero-order chi connectivity index (χ0) is 14.5. The fraction of sp³-hybridized carbons (Fsp3) is 0.214. The third kappa shape index (κ3) is 3.45. The Morgan fingerprint density at radius 2 is 1.90 bits per heavy atom. The van der Waals surface area contributed by atoms with Crippen LogP contribution in [0.1, 0.15) is 17.3 Å². The summed E-state index contributed by atoms with van der Waals surface area (Å²) in [5, 5.41) is 9.70. The molecule has 6 heteroatoms. The Hall–Kier alpha value is -2.14. The molecule has 0 fully saturated rings. The molecule has 1 unspecified atom stereocenters. The first-order valence-electron chi connectivity index (χ1n) is 5.93. The highest BCUT2D eigenvalue weighted by atomic mass is 35.5. The number of carbonyl (C=O) groups is 1. The average molecular weight is 293 g/mol. The largest absolute Gasteiger partial charge is 0.497 e. The van der Waals surface area contributed by atoms with Crippen LogP contribution in [0.4, 0.5) is 0 Å². The Morgan fingerprint density at radius 1 is 1.30 bits per heavy atom. The van der Waals surface area contributed by atoms with Crippen LogP contribution in [0.2, 0.25) is 5.02 Å². The number of ether oxygens (including phenoxy) is 1. The molecule has 0 aliphatic rings. The van der Waals surface area contributed by atoms with E-state index in [1.165, 1.54) is 12.4 Å².